The molecule has 2 amide bonds. The highest BCUT2D eigenvalue weighted by Crippen LogP contribution is 2.27. The van der Waals surface area contributed by atoms with Crippen LogP contribution in [0, 0.1) is 6.92 Å². The molecule has 0 radical (unpaired) electrons. The van der Waals surface area contributed by atoms with Crippen LogP contribution in [0.5, 0.6) is 0 Å². The number of amides is 2. The monoisotopic (exact) mass is 506 g/mol. The average molecular weight is 507 g/mol. The highest BCUT2D eigenvalue weighted by molar-refractivity contribution is 7.18. The summed E-state index contributed by atoms with van der Waals surface area (Å²) in [5.41, 5.74) is 3.22. The number of nitrogens with zero attached hydrogens (tertiary/aromatic N) is 3. The molecule has 6 nitrogen and oxygen atoms in total. The van der Waals surface area contributed by atoms with Gasteiger partial charge < -0.3 is 10.2 Å². The lowest BCUT2D eigenvalue weighted by Crippen LogP contribution is -2.36. The first-order chi connectivity index (χ1) is 17.5. The first-order valence-corrected chi connectivity index (χ1v) is 13.8. The molecule has 3 rings (SSSR count). The fraction of sp³-hybridized carbons (Fsp3) is 0.448. The maximum atomic E-state index is 13.2. The highest BCUT2D eigenvalue weighted by atomic mass is 32.1. The lowest BCUT2D eigenvalue weighted by atomic mass is 10.0. The van der Waals surface area contributed by atoms with Gasteiger partial charge in [-0.1, -0.05) is 111 Å². The van der Waals surface area contributed by atoms with Crippen molar-refractivity contribution >= 4 is 28.3 Å². The van der Waals surface area contributed by atoms with Crippen molar-refractivity contribution in [2.45, 2.75) is 78.2 Å². The molecule has 0 aliphatic heterocycles. The number of unbranched alkanes of at least 4 members (excludes halogenated alkanes) is 5. The van der Waals surface area contributed by atoms with Crippen molar-refractivity contribution in [3.05, 3.63) is 65.7 Å². The largest absolute Gasteiger partial charge is 0.335 e. The Morgan fingerprint density at radius 3 is 2.33 bits per heavy atom. The molecule has 1 atom stereocenters. The Morgan fingerprint density at radius 1 is 0.917 bits per heavy atom. The van der Waals surface area contributed by atoms with Crippen LogP contribution in [0.25, 0.3) is 10.6 Å². The Balaban J connectivity index is 1.57. The Hall–Kier alpha value is -3.06. The number of hydrogen-bond donors (Lipinski definition) is 1. The Kier molecular flexibility index (Phi) is 11.1. The van der Waals surface area contributed by atoms with Gasteiger partial charge >= 0.3 is 0 Å². The molecule has 7 heteroatoms. The van der Waals surface area contributed by atoms with Gasteiger partial charge in [-0.25, -0.2) is 0 Å². The molecule has 1 N–H and O–H groups in total. The summed E-state index contributed by atoms with van der Waals surface area (Å²) < 4.78 is 0. The fourth-order valence-corrected chi connectivity index (χ4v) is 4.90. The molecular formula is C29H38N4O2S. The number of benzene rings is 2. The van der Waals surface area contributed by atoms with E-state index < -0.39 is 0 Å². The van der Waals surface area contributed by atoms with Crippen molar-refractivity contribution < 1.29 is 9.59 Å². The average Bonchev–Trinajstić information content (AvgIpc) is 3.35. The molecule has 192 valence electrons. The lowest BCUT2D eigenvalue weighted by molar-refractivity contribution is -0.134. The van der Waals surface area contributed by atoms with Gasteiger partial charge in [-0.2, -0.15) is 0 Å². The zero-order chi connectivity index (χ0) is 25.8. The van der Waals surface area contributed by atoms with Crippen LogP contribution < -0.4 is 5.32 Å². The number of aromatic nitrogens is 2. The molecule has 0 unspecified atom stereocenters. The van der Waals surface area contributed by atoms with Crippen LogP contribution in [-0.2, 0) is 9.59 Å². The molecule has 0 aliphatic rings. The zero-order valence-electron chi connectivity index (χ0n) is 21.7. The van der Waals surface area contributed by atoms with E-state index in [0.29, 0.717) is 18.1 Å². The lowest BCUT2D eigenvalue weighted by Gasteiger charge is -2.30. The molecule has 0 spiro atoms. The number of rotatable bonds is 14. The van der Waals surface area contributed by atoms with Crippen LogP contribution in [0.4, 0.5) is 5.13 Å². The van der Waals surface area contributed by atoms with E-state index >= 15 is 0 Å². The first kappa shape index (κ1) is 27.5. The maximum Gasteiger partial charge on any atom is 0.227 e. The van der Waals surface area contributed by atoms with E-state index in [2.05, 4.69) is 22.4 Å². The molecule has 36 heavy (non-hydrogen) atoms. The summed E-state index contributed by atoms with van der Waals surface area (Å²) in [6, 6.07) is 18.0. The van der Waals surface area contributed by atoms with E-state index in [-0.39, 0.29) is 24.3 Å². The second-order valence-electron chi connectivity index (χ2n) is 9.27. The van der Waals surface area contributed by atoms with Crippen LogP contribution in [0.1, 0.15) is 82.4 Å². The third kappa shape index (κ3) is 8.55. The van der Waals surface area contributed by atoms with Gasteiger partial charge in [-0.05, 0) is 25.8 Å². The van der Waals surface area contributed by atoms with Crippen molar-refractivity contribution in [1.29, 1.82) is 0 Å². The normalized spacial score (nSPS) is 11.8. The van der Waals surface area contributed by atoms with E-state index in [1.807, 2.05) is 73.3 Å². The van der Waals surface area contributed by atoms with Crippen molar-refractivity contribution in [1.82, 2.24) is 15.1 Å². The zero-order valence-corrected chi connectivity index (χ0v) is 22.5. The van der Waals surface area contributed by atoms with Crippen LogP contribution in [0.2, 0.25) is 0 Å². The first-order valence-electron chi connectivity index (χ1n) is 13.0. The van der Waals surface area contributed by atoms with Crippen LogP contribution in [0.15, 0.2) is 54.6 Å². The quantitative estimate of drug-likeness (QED) is 0.235. The second-order valence-corrected chi connectivity index (χ2v) is 10.2. The van der Waals surface area contributed by atoms with Crippen molar-refractivity contribution in [3.63, 3.8) is 0 Å². The third-order valence-corrected chi connectivity index (χ3v) is 7.25. The summed E-state index contributed by atoms with van der Waals surface area (Å²) in [6.45, 7) is 6.64. The minimum absolute atomic E-state index is 0.0961. The SMILES string of the molecule is CCCCCCCCC(=O)N(CCC(=O)Nc1nnc(-c2ccc(C)cc2)s1)[C@@H](C)c1ccccc1. The molecule has 0 saturated carbocycles. The highest BCUT2D eigenvalue weighted by Gasteiger charge is 2.22. The third-order valence-electron chi connectivity index (χ3n) is 6.36. The minimum Gasteiger partial charge on any atom is -0.335 e. The molecule has 3 aromatic rings. The van der Waals surface area contributed by atoms with Gasteiger partial charge in [0.25, 0.3) is 0 Å². The number of anilines is 1. The van der Waals surface area contributed by atoms with Crippen molar-refractivity contribution in [2.24, 2.45) is 0 Å². The van der Waals surface area contributed by atoms with Gasteiger partial charge in [0.15, 0.2) is 0 Å². The van der Waals surface area contributed by atoms with Crippen molar-refractivity contribution in [3.8, 4) is 10.6 Å². The molecule has 0 bridgehead atoms. The Bertz CT molecular complexity index is 1080. The second kappa shape index (κ2) is 14.5. The number of aryl methyl sites for hydroxylation is 1. The molecule has 2 aromatic carbocycles. The summed E-state index contributed by atoms with van der Waals surface area (Å²) in [4.78, 5) is 27.8. The number of carbonyl (C=O) groups excluding carboxylic acids is 2. The smallest absolute Gasteiger partial charge is 0.227 e. The van der Waals surface area contributed by atoms with Crippen LogP contribution in [0.3, 0.4) is 0 Å². The number of hydrogen-bond acceptors (Lipinski definition) is 5. The summed E-state index contributed by atoms with van der Waals surface area (Å²) in [6.07, 6.45) is 7.55. The number of nitrogens with one attached hydrogen (secondary N) is 1. The van der Waals surface area contributed by atoms with Gasteiger partial charge in [0.2, 0.25) is 16.9 Å². The fourth-order valence-electron chi connectivity index (χ4n) is 4.14. The van der Waals surface area contributed by atoms with Gasteiger partial charge in [-0.15, -0.1) is 10.2 Å². The van der Waals surface area contributed by atoms with E-state index in [1.165, 1.54) is 42.6 Å². The summed E-state index contributed by atoms with van der Waals surface area (Å²) in [7, 11) is 0. The number of carbonyl (C=O) groups is 2. The van der Waals surface area contributed by atoms with Gasteiger partial charge in [0, 0.05) is 24.9 Å². The standard InChI is InChI=1S/C29H38N4O2S/c1-4-5-6-7-8-12-15-27(35)33(23(3)24-13-10-9-11-14-24)21-20-26(34)30-29-32-31-28(36-29)25-18-16-22(2)17-19-25/h9-11,13-14,16-19,23H,4-8,12,15,20-21H2,1-3H3,(H,30,32,34)/t23-/m0/s1. The molecule has 1 aromatic heterocycles. The Labute approximate surface area is 219 Å². The van der Waals surface area contributed by atoms with Crippen molar-refractivity contribution in [2.75, 3.05) is 11.9 Å². The summed E-state index contributed by atoms with van der Waals surface area (Å²) in [5.74, 6) is -0.0635. The van der Waals surface area contributed by atoms with Crippen LogP contribution >= 0.6 is 11.3 Å². The predicted molar refractivity (Wildman–Crippen MR) is 148 cm³/mol. The predicted octanol–water partition coefficient (Wildman–Crippen LogP) is 7.18. The van der Waals surface area contributed by atoms with E-state index in [9.17, 15) is 9.59 Å². The molecule has 1 heterocycles. The topological polar surface area (TPSA) is 75.2 Å². The van der Waals surface area contributed by atoms with E-state index in [1.54, 1.807) is 0 Å². The van der Waals surface area contributed by atoms with Gasteiger partial charge in [-0.3, -0.25) is 9.59 Å². The van der Waals surface area contributed by atoms with Gasteiger partial charge in [0.05, 0.1) is 6.04 Å². The van der Waals surface area contributed by atoms with Gasteiger partial charge in [0.1, 0.15) is 5.01 Å². The van der Waals surface area contributed by atoms with E-state index in [4.69, 9.17) is 0 Å². The van der Waals surface area contributed by atoms with Crippen LogP contribution in [-0.4, -0.2) is 33.5 Å². The summed E-state index contributed by atoms with van der Waals surface area (Å²) in [5, 5.41) is 12.4. The molecule has 0 saturated heterocycles. The minimum atomic E-state index is -0.167. The maximum absolute atomic E-state index is 13.2. The van der Waals surface area contributed by atoms with E-state index in [0.717, 1.165) is 29.0 Å². The molecule has 0 aliphatic carbocycles. The summed E-state index contributed by atoms with van der Waals surface area (Å²) >= 11 is 1.35. The molecular weight excluding hydrogens is 468 g/mol. The molecule has 0 fully saturated rings. The Morgan fingerprint density at radius 2 is 1.61 bits per heavy atom.